The predicted octanol–water partition coefficient (Wildman–Crippen LogP) is 4.56. The molecule has 1 saturated heterocycles. The molecule has 38 heavy (non-hydrogen) atoms. The number of ether oxygens (including phenoxy) is 2. The molecule has 1 aliphatic heterocycles. The van der Waals surface area contributed by atoms with Gasteiger partial charge in [-0.05, 0) is 67.1 Å². The Kier molecular flexibility index (Phi) is 7.22. The van der Waals surface area contributed by atoms with E-state index in [1.165, 1.54) is 29.7 Å². The van der Waals surface area contributed by atoms with Gasteiger partial charge in [-0.1, -0.05) is 36.4 Å². The zero-order valence-corrected chi connectivity index (χ0v) is 21.0. The van der Waals surface area contributed by atoms with E-state index in [4.69, 9.17) is 9.47 Å². The van der Waals surface area contributed by atoms with Gasteiger partial charge < -0.3 is 14.8 Å². The van der Waals surface area contributed by atoms with Crippen LogP contribution in [0.15, 0.2) is 78.9 Å². The molecule has 3 atom stereocenters. The van der Waals surface area contributed by atoms with Crippen molar-refractivity contribution in [2.75, 3.05) is 23.9 Å². The molecule has 1 N–H and O–H groups in total. The summed E-state index contributed by atoms with van der Waals surface area (Å²) in [6, 6.07) is 23.0. The molecular weight excluding hydrogens is 484 g/mol. The molecule has 5 rings (SSSR count). The van der Waals surface area contributed by atoms with Crippen molar-refractivity contribution in [1.29, 1.82) is 0 Å². The molecule has 3 aromatic rings. The van der Waals surface area contributed by atoms with E-state index in [1.54, 1.807) is 36.4 Å². The number of amides is 3. The predicted molar refractivity (Wildman–Crippen MR) is 141 cm³/mol. The van der Waals surface area contributed by atoms with Crippen molar-refractivity contribution in [2.24, 2.45) is 11.8 Å². The molecule has 0 bridgehead atoms. The number of anilines is 2. The highest BCUT2D eigenvalue weighted by atomic mass is 16.5. The van der Waals surface area contributed by atoms with Gasteiger partial charge in [-0.3, -0.25) is 19.3 Å². The first-order valence-corrected chi connectivity index (χ1v) is 12.6. The number of rotatable bonds is 7. The number of benzene rings is 3. The third-order valence-corrected chi connectivity index (χ3v) is 7.25. The van der Waals surface area contributed by atoms with Crippen LogP contribution in [0.5, 0.6) is 5.75 Å². The molecule has 0 radical (unpaired) electrons. The van der Waals surface area contributed by atoms with Gasteiger partial charge in [0.25, 0.3) is 5.91 Å². The fourth-order valence-electron chi connectivity index (χ4n) is 5.32. The van der Waals surface area contributed by atoms with E-state index in [-0.39, 0.29) is 35.1 Å². The number of hydrogen-bond donors (Lipinski definition) is 1. The normalized spacial score (nSPS) is 20.6. The zero-order valence-electron chi connectivity index (χ0n) is 21.0. The summed E-state index contributed by atoms with van der Waals surface area (Å²) in [7, 11) is 1.53. The first kappa shape index (κ1) is 25.2. The van der Waals surface area contributed by atoms with Crippen LogP contribution in [0.2, 0.25) is 0 Å². The SMILES string of the molecule is COc1cccc(NC(=O)COC(=O)c2ccc(N3C(=O)[C@H]4C[C@@H](c5ccccc5)CC[C@H]4C3=O)cc2)c1. The van der Waals surface area contributed by atoms with Crippen molar-refractivity contribution in [3.63, 3.8) is 0 Å². The largest absolute Gasteiger partial charge is 0.497 e. The number of nitrogens with one attached hydrogen (secondary N) is 1. The van der Waals surface area contributed by atoms with Gasteiger partial charge in [0, 0.05) is 11.8 Å². The van der Waals surface area contributed by atoms with Crippen LogP contribution in [0, 0.1) is 11.8 Å². The number of imide groups is 1. The average Bonchev–Trinajstić information content (AvgIpc) is 3.21. The Hall–Kier alpha value is -4.46. The lowest BCUT2D eigenvalue weighted by atomic mass is 9.73. The molecule has 2 fully saturated rings. The summed E-state index contributed by atoms with van der Waals surface area (Å²) in [5.74, 6) is -1.35. The van der Waals surface area contributed by atoms with Gasteiger partial charge in [0.15, 0.2) is 6.61 Å². The molecule has 2 aliphatic rings. The quantitative estimate of drug-likeness (QED) is 0.368. The van der Waals surface area contributed by atoms with Crippen molar-refractivity contribution in [3.8, 4) is 5.75 Å². The van der Waals surface area contributed by atoms with Crippen molar-refractivity contribution in [3.05, 3.63) is 90.0 Å². The zero-order chi connectivity index (χ0) is 26.6. The molecule has 1 aliphatic carbocycles. The molecule has 8 nitrogen and oxygen atoms in total. The lowest BCUT2D eigenvalue weighted by Crippen LogP contribution is -2.30. The number of hydrogen-bond acceptors (Lipinski definition) is 6. The Balaban J connectivity index is 1.19. The van der Waals surface area contributed by atoms with E-state index in [2.05, 4.69) is 17.4 Å². The molecule has 3 amide bonds. The van der Waals surface area contributed by atoms with Gasteiger partial charge >= 0.3 is 5.97 Å². The first-order valence-electron chi connectivity index (χ1n) is 12.6. The number of carbonyl (C=O) groups excluding carboxylic acids is 4. The fraction of sp³-hybridized carbons (Fsp3) is 0.267. The van der Waals surface area contributed by atoms with Crippen molar-refractivity contribution < 1.29 is 28.7 Å². The van der Waals surface area contributed by atoms with Crippen LogP contribution in [0.3, 0.4) is 0 Å². The third-order valence-electron chi connectivity index (χ3n) is 7.25. The molecular formula is C30H28N2O6. The maximum absolute atomic E-state index is 13.3. The molecule has 0 unspecified atom stereocenters. The summed E-state index contributed by atoms with van der Waals surface area (Å²) >= 11 is 0. The smallest absolute Gasteiger partial charge is 0.338 e. The van der Waals surface area contributed by atoms with E-state index >= 15 is 0 Å². The molecule has 1 saturated carbocycles. The van der Waals surface area contributed by atoms with Gasteiger partial charge in [0.05, 0.1) is 30.2 Å². The van der Waals surface area contributed by atoms with Crippen LogP contribution in [-0.4, -0.2) is 37.4 Å². The minimum Gasteiger partial charge on any atom is -0.497 e. The second-order valence-corrected chi connectivity index (χ2v) is 9.55. The Bertz CT molecular complexity index is 1350. The Labute approximate surface area is 220 Å². The lowest BCUT2D eigenvalue weighted by molar-refractivity contribution is -0.122. The summed E-state index contributed by atoms with van der Waals surface area (Å²) in [6.07, 6.45) is 2.19. The number of fused-ring (bicyclic) bond motifs is 1. The monoisotopic (exact) mass is 512 g/mol. The summed E-state index contributed by atoms with van der Waals surface area (Å²) in [5.41, 5.74) is 2.36. The molecule has 0 spiro atoms. The number of methoxy groups -OCH3 is 1. The van der Waals surface area contributed by atoms with Crippen molar-refractivity contribution in [1.82, 2.24) is 0 Å². The number of nitrogens with zero attached hydrogens (tertiary/aromatic N) is 1. The van der Waals surface area contributed by atoms with E-state index in [0.29, 0.717) is 30.0 Å². The topological polar surface area (TPSA) is 102 Å². The molecule has 194 valence electrons. The summed E-state index contributed by atoms with van der Waals surface area (Å²) in [4.78, 5) is 52.3. The summed E-state index contributed by atoms with van der Waals surface area (Å²) in [5, 5.41) is 2.64. The molecule has 1 heterocycles. The maximum atomic E-state index is 13.3. The average molecular weight is 513 g/mol. The maximum Gasteiger partial charge on any atom is 0.338 e. The van der Waals surface area contributed by atoms with Crippen LogP contribution in [0.1, 0.15) is 41.1 Å². The Morgan fingerprint density at radius 2 is 1.63 bits per heavy atom. The van der Waals surface area contributed by atoms with E-state index in [1.807, 2.05) is 18.2 Å². The second-order valence-electron chi connectivity index (χ2n) is 9.55. The molecule has 8 heteroatoms. The Morgan fingerprint density at radius 3 is 2.37 bits per heavy atom. The second kappa shape index (κ2) is 10.9. The van der Waals surface area contributed by atoms with Crippen LogP contribution in [0.4, 0.5) is 11.4 Å². The lowest BCUT2D eigenvalue weighted by Gasteiger charge is -2.28. The minimum atomic E-state index is -0.684. The van der Waals surface area contributed by atoms with Crippen LogP contribution in [0.25, 0.3) is 0 Å². The standard InChI is InChI=1S/C30H28N2O6/c1-37-24-9-5-8-22(17-24)31-27(33)18-38-30(36)20-10-13-23(14-11-20)32-28(34)25-15-12-21(16-26(25)29(32)35)19-6-3-2-4-7-19/h2-11,13-14,17,21,25-26H,12,15-16,18H2,1H3,(H,31,33)/t21-,25+,26-/m0/s1. The van der Waals surface area contributed by atoms with Crippen molar-refractivity contribution >= 4 is 35.1 Å². The van der Waals surface area contributed by atoms with Gasteiger partial charge in [0.2, 0.25) is 11.8 Å². The number of esters is 1. The van der Waals surface area contributed by atoms with Crippen LogP contribution in [-0.2, 0) is 19.1 Å². The van der Waals surface area contributed by atoms with Gasteiger partial charge in [-0.15, -0.1) is 0 Å². The molecule has 0 aromatic heterocycles. The van der Waals surface area contributed by atoms with E-state index < -0.39 is 18.5 Å². The van der Waals surface area contributed by atoms with Crippen LogP contribution >= 0.6 is 0 Å². The minimum absolute atomic E-state index is 0.184. The third kappa shape index (κ3) is 5.16. The van der Waals surface area contributed by atoms with Crippen LogP contribution < -0.4 is 15.0 Å². The highest BCUT2D eigenvalue weighted by molar-refractivity contribution is 6.22. The van der Waals surface area contributed by atoms with E-state index in [0.717, 1.165) is 6.42 Å². The highest BCUT2D eigenvalue weighted by Crippen LogP contribution is 2.45. The Morgan fingerprint density at radius 1 is 0.895 bits per heavy atom. The highest BCUT2D eigenvalue weighted by Gasteiger charge is 2.50. The molecule has 3 aromatic carbocycles. The van der Waals surface area contributed by atoms with Gasteiger partial charge in [-0.25, -0.2) is 4.79 Å². The van der Waals surface area contributed by atoms with Gasteiger partial charge in [-0.2, -0.15) is 0 Å². The van der Waals surface area contributed by atoms with Crippen molar-refractivity contribution in [2.45, 2.75) is 25.2 Å². The van der Waals surface area contributed by atoms with Gasteiger partial charge in [0.1, 0.15) is 5.75 Å². The van der Waals surface area contributed by atoms with E-state index in [9.17, 15) is 19.2 Å². The summed E-state index contributed by atoms with van der Waals surface area (Å²) < 4.78 is 10.2. The first-order chi connectivity index (χ1) is 18.4. The number of carbonyl (C=O) groups is 4. The summed E-state index contributed by atoms with van der Waals surface area (Å²) in [6.45, 7) is -0.465. The fourth-order valence-corrected chi connectivity index (χ4v) is 5.32.